The van der Waals surface area contributed by atoms with E-state index in [4.69, 9.17) is 5.11 Å². The summed E-state index contributed by atoms with van der Waals surface area (Å²) in [7, 11) is 0. The van der Waals surface area contributed by atoms with Gasteiger partial charge in [0, 0.05) is 10.9 Å². The second kappa shape index (κ2) is 6.44. The zero-order chi connectivity index (χ0) is 13.7. The third kappa shape index (κ3) is 4.07. The highest BCUT2D eigenvalue weighted by molar-refractivity contribution is 8.00. The molecule has 5 heteroatoms. The molecular formula is C13H17NO3S. The number of carboxylic acid groups (broad SMARTS) is 1. The van der Waals surface area contributed by atoms with Crippen molar-refractivity contribution in [1.29, 1.82) is 0 Å². The van der Waals surface area contributed by atoms with Gasteiger partial charge in [0.2, 0.25) is 5.91 Å². The minimum Gasteiger partial charge on any atom is -0.478 e. The van der Waals surface area contributed by atoms with Crippen LogP contribution in [0.2, 0.25) is 0 Å². The van der Waals surface area contributed by atoms with Crippen LogP contribution in [0.15, 0.2) is 29.2 Å². The third-order valence-electron chi connectivity index (χ3n) is 2.22. The average molecular weight is 267 g/mol. The monoisotopic (exact) mass is 267 g/mol. The summed E-state index contributed by atoms with van der Waals surface area (Å²) in [6, 6.07) is 6.77. The molecule has 0 aliphatic heterocycles. The Kier molecular flexibility index (Phi) is 5.22. The second-order valence-electron chi connectivity index (χ2n) is 4.22. The number of thioether (sulfide) groups is 1. The average Bonchev–Trinajstić information content (AvgIpc) is 2.28. The molecule has 0 aromatic heterocycles. The van der Waals surface area contributed by atoms with Crippen molar-refractivity contribution < 1.29 is 14.7 Å². The van der Waals surface area contributed by atoms with Gasteiger partial charge < -0.3 is 10.4 Å². The van der Waals surface area contributed by atoms with Gasteiger partial charge in [-0.25, -0.2) is 4.79 Å². The van der Waals surface area contributed by atoms with Crippen LogP contribution in [-0.2, 0) is 4.79 Å². The molecule has 1 rings (SSSR count). The normalized spacial score (nSPS) is 12.2. The lowest BCUT2D eigenvalue weighted by Crippen LogP contribution is -2.35. The summed E-state index contributed by atoms with van der Waals surface area (Å²) in [5.74, 6) is -1.07. The minimum absolute atomic E-state index is 0.0790. The summed E-state index contributed by atoms with van der Waals surface area (Å²) < 4.78 is 0. The molecule has 98 valence electrons. The lowest BCUT2D eigenvalue weighted by molar-refractivity contribution is -0.120. The van der Waals surface area contributed by atoms with E-state index in [1.54, 1.807) is 25.1 Å². The Balaban J connectivity index is 2.78. The van der Waals surface area contributed by atoms with Crippen molar-refractivity contribution in [2.45, 2.75) is 37.0 Å². The summed E-state index contributed by atoms with van der Waals surface area (Å²) in [5, 5.41) is 11.5. The topological polar surface area (TPSA) is 66.4 Å². The molecule has 1 unspecified atom stereocenters. The molecule has 1 aromatic rings. The number of hydrogen-bond acceptors (Lipinski definition) is 3. The molecule has 0 bridgehead atoms. The van der Waals surface area contributed by atoms with Crippen LogP contribution in [-0.4, -0.2) is 28.3 Å². The number of hydrogen-bond donors (Lipinski definition) is 2. The molecule has 0 radical (unpaired) electrons. The molecule has 0 aliphatic carbocycles. The first-order valence-electron chi connectivity index (χ1n) is 5.71. The second-order valence-corrected chi connectivity index (χ2v) is 5.61. The van der Waals surface area contributed by atoms with Gasteiger partial charge >= 0.3 is 5.97 Å². The minimum atomic E-state index is -0.977. The lowest BCUT2D eigenvalue weighted by Gasteiger charge is -2.15. The highest BCUT2D eigenvalue weighted by atomic mass is 32.2. The van der Waals surface area contributed by atoms with Gasteiger partial charge in [-0.15, -0.1) is 11.8 Å². The van der Waals surface area contributed by atoms with E-state index < -0.39 is 5.97 Å². The number of carbonyl (C=O) groups is 2. The van der Waals surface area contributed by atoms with Gasteiger partial charge in [0.15, 0.2) is 0 Å². The molecule has 1 aromatic carbocycles. The van der Waals surface area contributed by atoms with Gasteiger partial charge in [-0.1, -0.05) is 12.1 Å². The van der Waals surface area contributed by atoms with Crippen molar-refractivity contribution in [3.05, 3.63) is 29.8 Å². The van der Waals surface area contributed by atoms with Crippen LogP contribution in [0.1, 0.15) is 31.1 Å². The SMILES string of the molecule is CC(C)NC(=O)C(C)Sc1ccccc1C(=O)O. The third-order valence-corrected chi connectivity index (χ3v) is 3.40. The van der Waals surface area contributed by atoms with E-state index in [2.05, 4.69) is 5.32 Å². The lowest BCUT2D eigenvalue weighted by atomic mass is 10.2. The van der Waals surface area contributed by atoms with E-state index in [-0.39, 0.29) is 22.8 Å². The Hall–Kier alpha value is -1.49. The number of aromatic carboxylic acids is 1. The van der Waals surface area contributed by atoms with Crippen molar-refractivity contribution in [3.8, 4) is 0 Å². The molecular weight excluding hydrogens is 250 g/mol. The Bertz CT molecular complexity index is 446. The molecule has 1 amide bonds. The fraction of sp³-hybridized carbons (Fsp3) is 0.385. The standard InChI is InChI=1S/C13H17NO3S/c1-8(2)14-12(15)9(3)18-11-7-5-4-6-10(11)13(16)17/h4-9H,1-3H3,(H,14,15)(H,16,17). The smallest absolute Gasteiger partial charge is 0.336 e. The van der Waals surface area contributed by atoms with Crippen LogP contribution in [0.3, 0.4) is 0 Å². The molecule has 0 aliphatic rings. The predicted molar refractivity (Wildman–Crippen MR) is 72.0 cm³/mol. The zero-order valence-corrected chi connectivity index (χ0v) is 11.5. The number of amides is 1. The zero-order valence-electron chi connectivity index (χ0n) is 10.6. The van der Waals surface area contributed by atoms with Gasteiger partial charge in [-0.05, 0) is 32.9 Å². The maximum absolute atomic E-state index is 11.8. The fourth-order valence-electron chi connectivity index (χ4n) is 1.39. The maximum Gasteiger partial charge on any atom is 0.336 e. The summed E-state index contributed by atoms with van der Waals surface area (Å²) in [6.07, 6.45) is 0. The Morgan fingerprint density at radius 3 is 2.39 bits per heavy atom. The van der Waals surface area contributed by atoms with Crippen molar-refractivity contribution in [2.75, 3.05) is 0 Å². The van der Waals surface area contributed by atoms with Gasteiger partial charge in [0.25, 0.3) is 0 Å². The molecule has 2 N–H and O–H groups in total. The molecule has 0 spiro atoms. The molecule has 0 heterocycles. The summed E-state index contributed by atoms with van der Waals surface area (Å²) in [5.41, 5.74) is 0.228. The number of carboxylic acids is 1. The van der Waals surface area contributed by atoms with E-state index in [9.17, 15) is 9.59 Å². The fourth-order valence-corrected chi connectivity index (χ4v) is 2.39. The molecule has 0 fully saturated rings. The number of nitrogens with one attached hydrogen (secondary N) is 1. The molecule has 0 saturated heterocycles. The predicted octanol–water partition coefficient (Wildman–Crippen LogP) is 2.39. The van der Waals surface area contributed by atoms with Gasteiger partial charge in [-0.2, -0.15) is 0 Å². The number of benzene rings is 1. The van der Waals surface area contributed by atoms with Crippen LogP contribution in [0.5, 0.6) is 0 Å². The molecule has 4 nitrogen and oxygen atoms in total. The first-order valence-corrected chi connectivity index (χ1v) is 6.59. The quantitative estimate of drug-likeness (QED) is 0.804. The maximum atomic E-state index is 11.8. The molecule has 1 atom stereocenters. The molecule has 18 heavy (non-hydrogen) atoms. The van der Waals surface area contributed by atoms with Gasteiger partial charge in [0.05, 0.1) is 10.8 Å². The van der Waals surface area contributed by atoms with Crippen LogP contribution in [0, 0.1) is 0 Å². The first kappa shape index (κ1) is 14.6. The van der Waals surface area contributed by atoms with Gasteiger partial charge in [0.1, 0.15) is 0 Å². The van der Waals surface area contributed by atoms with E-state index in [1.807, 2.05) is 13.8 Å². The number of carbonyl (C=O) groups excluding carboxylic acids is 1. The van der Waals surface area contributed by atoms with E-state index in [0.29, 0.717) is 4.90 Å². The largest absolute Gasteiger partial charge is 0.478 e. The Labute approximate surface area is 111 Å². The van der Waals surface area contributed by atoms with Crippen molar-refractivity contribution in [1.82, 2.24) is 5.32 Å². The highest BCUT2D eigenvalue weighted by Gasteiger charge is 2.18. The highest BCUT2D eigenvalue weighted by Crippen LogP contribution is 2.27. The molecule has 0 saturated carbocycles. The summed E-state index contributed by atoms with van der Waals surface area (Å²) >= 11 is 1.26. The van der Waals surface area contributed by atoms with Crippen LogP contribution >= 0.6 is 11.8 Å². The Morgan fingerprint density at radius 1 is 1.22 bits per heavy atom. The number of rotatable bonds is 5. The van der Waals surface area contributed by atoms with Crippen molar-refractivity contribution in [2.24, 2.45) is 0 Å². The van der Waals surface area contributed by atoms with E-state index >= 15 is 0 Å². The summed E-state index contributed by atoms with van der Waals surface area (Å²) in [6.45, 7) is 5.54. The Morgan fingerprint density at radius 2 is 1.83 bits per heavy atom. The summed E-state index contributed by atoms with van der Waals surface area (Å²) in [4.78, 5) is 23.4. The van der Waals surface area contributed by atoms with Crippen molar-refractivity contribution >= 4 is 23.6 Å². The van der Waals surface area contributed by atoms with Crippen molar-refractivity contribution in [3.63, 3.8) is 0 Å². The van der Waals surface area contributed by atoms with Crippen LogP contribution < -0.4 is 5.32 Å². The first-order chi connectivity index (χ1) is 8.41. The van der Waals surface area contributed by atoms with Crippen LogP contribution in [0.4, 0.5) is 0 Å². The van der Waals surface area contributed by atoms with Gasteiger partial charge in [-0.3, -0.25) is 4.79 Å². The van der Waals surface area contributed by atoms with E-state index in [0.717, 1.165) is 0 Å². The van der Waals surface area contributed by atoms with Crippen LogP contribution in [0.25, 0.3) is 0 Å². The van der Waals surface area contributed by atoms with E-state index in [1.165, 1.54) is 17.8 Å².